The molecule has 1 fully saturated rings. The Kier molecular flexibility index (Phi) is 4.49. The molecule has 0 radical (unpaired) electrons. The lowest BCUT2D eigenvalue weighted by molar-refractivity contribution is -0.0352. The molecule has 1 unspecified atom stereocenters. The van der Waals surface area contributed by atoms with Crippen molar-refractivity contribution in [3.8, 4) is 0 Å². The third-order valence-electron chi connectivity index (χ3n) is 4.11. The fourth-order valence-electron chi connectivity index (χ4n) is 2.85. The molecule has 1 aliphatic heterocycles. The van der Waals surface area contributed by atoms with Crippen LogP contribution in [0.2, 0.25) is 0 Å². The summed E-state index contributed by atoms with van der Waals surface area (Å²) in [5, 5.41) is 8.28. The molecule has 1 aromatic heterocycles. The first kappa shape index (κ1) is 15.1. The van der Waals surface area contributed by atoms with Crippen molar-refractivity contribution in [2.24, 2.45) is 0 Å². The van der Waals surface area contributed by atoms with Crippen LogP contribution in [0.4, 0.5) is 4.39 Å². The van der Waals surface area contributed by atoms with Crippen molar-refractivity contribution in [1.82, 2.24) is 19.9 Å². The summed E-state index contributed by atoms with van der Waals surface area (Å²) in [6.45, 7) is 7.71. The number of hydrogen-bond donors (Lipinski definition) is 0. The molecule has 0 amide bonds. The van der Waals surface area contributed by atoms with E-state index in [1.165, 1.54) is 6.07 Å². The van der Waals surface area contributed by atoms with Gasteiger partial charge in [-0.15, -0.1) is 5.10 Å². The van der Waals surface area contributed by atoms with Crippen molar-refractivity contribution in [2.75, 3.05) is 19.7 Å². The van der Waals surface area contributed by atoms with E-state index < -0.39 is 0 Å². The lowest BCUT2D eigenvalue weighted by Gasteiger charge is -2.33. The molecule has 3 rings (SSSR count). The van der Waals surface area contributed by atoms with Gasteiger partial charge >= 0.3 is 0 Å². The van der Waals surface area contributed by atoms with Crippen LogP contribution in [0.3, 0.4) is 0 Å². The fraction of sp³-hybridized carbons (Fsp3) is 0.500. The largest absolute Gasteiger partial charge is 0.371 e. The summed E-state index contributed by atoms with van der Waals surface area (Å²) in [5.41, 5.74) is 2.71. The highest BCUT2D eigenvalue weighted by molar-refractivity contribution is 5.21. The van der Waals surface area contributed by atoms with E-state index in [1.807, 2.05) is 17.7 Å². The lowest BCUT2D eigenvalue weighted by Crippen LogP contribution is -2.38. The van der Waals surface area contributed by atoms with Crippen LogP contribution >= 0.6 is 0 Å². The van der Waals surface area contributed by atoms with Crippen LogP contribution in [0.1, 0.15) is 30.0 Å². The molecule has 22 heavy (non-hydrogen) atoms. The average Bonchev–Trinajstić information content (AvgIpc) is 2.88. The van der Waals surface area contributed by atoms with Crippen LogP contribution in [0.25, 0.3) is 0 Å². The second-order valence-corrected chi connectivity index (χ2v) is 5.55. The molecule has 0 N–H and O–H groups in total. The number of rotatable bonds is 4. The average molecular weight is 304 g/mol. The number of ether oxygens (including phenoxy) is 1. The summed E-state index contributed by atoms with van der Waals surface area (Å²) in [4.78, 5) is 2.28. The van der Waals surface area contributed by atoms with Gasteiger partial charge in [0.25, 0.3) is 0 Å². The molecule has 0 aliphatic carbocycles. The molecule has 118 valence electrons. The summed E-state index contributed by atoms with van der Waals surface area (Å²) in [6, 6.07) is 6.83. The molecule has 1 saturated heterocycles. The van der Waals surface area contributed by atoms with Crippen LogP contribution in [-0.2, 0) is 17.8 Å². The van der Waals surface area contributed by atoms with Gasteiger partial charge < -0.3 is 4.74 Å². The maximum absolute atomic E-state index is 13.9. The van der Waals surface area contributed by atoms with E-state index in [-0.39, 0.29) is 11.9 Å². The molecular weight excluding hydrogens is 283 g/mol. The quantitative estimate of drug-likeness (QED) is 0.869. The third kappa shape index (κ3) is 3.03. The minimum absolute atomic E-state index is 0.203. The molecule has 1 aliphatic rings. The van der Waals surface area contributed by atoms with E-state index in [1.54, 1.807) is 12.1 Å². The number of aromatic nitrogens is 3. The van der Waals surface area contributed by atoms with Gasteiger partial charge in [-0.25, -0.2) is 9.07 Å². The Morgan fingerprint density at radius 3 is 2.95 bits per heavy atom. The van der Waals surface area contributed by atoms with Gasteiger partial charge in [-0.1, -0.05) is 23.4 Å². The van der Waals surface area contributed by atoms with Gasteiger partial charge in [0, 0.05) is 31.7 Å². The second kappa shape index (κ2) is 6.54. The number of benzene rings is 1. The third-order valence-corrected chi connectivity index (χ3v) is 4.11. The fourth-order valence-corrected chi connectivity index (χ4v) is 2.85. The molecular formula is C16H21FN4O. The van der Waals surface area contributed by atoms with Crippen molar-refractivity contribution in [2.45, 2.75) is 33.0 Å². The lowest BCUT2D eigenvalue weighted by atomic mass is 10.1. The molecule has 6 heteroatoms. The molecule has 0 saturated carbocycles. The van der Waals surface area contributed by atoms with Crippen LogP contribution in [-0.4, -0.2) is 39.6 Å². The monoisotopic (exact) mass is 304 g/mol. The SMILES string of the molecule is CCn1nnc(C)c1CN1CCOC(c2ccccc2F)C1. The summed E-state index contributed by atoms with van der Waals surface area (Å²) in [6.07, 6.45) is -0.221. The Labute approximate surface area is 129 Å². The summed E-state index contributed by atoms with van der Waals surface area (Å²) in [7, 11) is 0. The molecule has 2 aromatic rings. The minimum atomic E-state index is -0.221. The van der Waals surface area contributed by atoms with E-state index in [0.29, 0.717) is 18.7 Å². The van der Waals surface area contributed by atoms with Crippen molar-refractivity contribution < 1.29 is 9.13 Å². The molecule has 2 heterocycles. The van der Waals surface area contributed by atoms with E-state index >= 15 is 0 Å². The van der Waals surface area contributed by atoms with Gasteiger partial charge in [-0.3, -0.25) is 4.90 Å². The molecule has 5 nitrogen and oxygen atoms in total. The van der Waals surface area contributed by atoms with Crippen LogP contribution in [0.5, 0.6) is 0 Å². The van der Waals surface area contributed by atoms with E-state index in [4.69, 9.17) is 4.74 Å². The van der Waals surface area contributed by atoms with E-state index in [0.717, 1.165) is 31.0 Å². The molecule has 0 bridgehead atoms. The summed E-state index contributed by atoms with van der Waals surface area (Å²) >= 11 is 0. The highest BCUT2D eigenvalue weighted by atomic mass is 19.1. The Morgan fingerprint density at radius 2 is 2.18 bits per heavy atom. The summed E-state index contributed by atoms with van der Waals surface area (Å²) < 4.78 is 21.6. The number of nitrogens with zero attached hydrogens (tertiary/aromatic N) is 4. The highest BCUT2D eigenvalue weighted by Gasteiger charge is 2.25. The Hall–Kier alpha value is -1.79. The zero-order chi connectivity index (χ0) is 15.5. The molecule has 1 atom stereocenters. The van der Waals surface area contributed by atoms with Crippen molar-refractivity contribution in [3.05, 3.63) is 47.0 Å². The topological polar surface area (TPSA) is 43.2 Å². The first-order valence-corrected chi connectivity index (χ1v) is 7.66. The number of halogens is 1. The first-order chi connectivity index (χ1) is 10.7. The van der Waals surface area contributed by atoms with Crippen LogP contribution in [0.15, 0.2) is 24.3 Å². The number of aryl methyl sites for hydroxylation is 2. The zero-order valence-corrected chi connectivity index (χ0v) is 13.0. The molecule has 1 aromatic carbocycles. The maximum Gasteiger partial charge on any atom is 0.129 e. The van der Waals surface area contributed by atoms with Gasteiger partial charge in [-0.05, 0) is 19.9 Å². The van der Waals surface area contributed by atoms with Gasteiger partial charge in [0.05, 0.1) is 24.1 Å². The Morgan fingerprint density at radius 1 is 1.36 bits per heavy atom. The smallest absolute Gasteiger partial charge is 0.129 e. The van der Waals surface area contributed by atoms with Gasteiger partial charge in [0.1, 0.15) is 5.82 Å². The van der Waals surface area contributed by atoms with Gasteiger partial charge in [0.2, 0.25) is 0 Å². The number of hydrogen-bond acceptors (Lipinski definition) is 4. The van der Waals surface area contributed by atoms with E-state index in [9.17, 15) is 4.39 Å². The normalized spacial score (nSPS) is 19.5. The maximum atomic E-state index is 13.9. The molecule has 0 spiro atoms. The minimum Gasteiger partial charge on any atom is -0.371 e. The van der Waals surface area contributed by atoms with Crippen molar-refractivity contribution in [3.63, 3.8) is 0 Å². The standard InChI is InChI=1S/C16H21FN4O/c1-3-21-15(12(2)18-19-21)10-20-8-9-22-16(11-20)13-6-4-5-7-14(13)17/h4-7,16H,3,8-11H2,1-2H3. The Bertz CT molecular complexity index is 643. The summed E-state index contributed by atoms with van der Waals surface area (Å²) in [5.74, 6) is -0.203. The zero-order valence-electron chi connectivity index (χ0n) is 13.0. The predicted molar refractivity (Wildman–Crippen MR) is 80.8 cm³/mol. The highest BCUT2D eigenvalue weighted by Crippen LogP contribution is 2.25. The Balaban J connectivity index is 1.73. The van der Waals surface area contributed by atoms with Crippen molar-refractivity contribution in [1.29, 1.82) is 0 Å². The van der Waals surface area contributed by atoms with Gasteiger partial charge in [-0.2, -0.15) is 0 Å². The van der Waals surface area contributed by atoms with Crippen LogP contribution < -0.4 is 0 Å². The predicted octanol–water partition coefficient (Wildman–Crippen LogP) is 2.32. The van der Waals surface area contributed by atoms with Crippen LogP contribution in [0, 0.1) is 12.7 Å². The van der Waals surface area contributed by atoms with E-state index in [2.05, 4.69) is 22.1 Å². The second-order valence-electron chi connectivity index (χ2n) is 5.55. The van der Waals surface area contributed by atoms with Crippen molar-refractivity contribution >= 4 is 0 Å². The first-order valence-electron chi connectivity index (χ1n) is 7.66. The number of morpholine rings is 1. The van der Waals surface area contributed by atoms with Gasteiger partial charge in [0.15, 0.2) is 0 Å².